The van der Waals surface area contributed by atoms with Crippen LogP contribution in [0.3, 0.4) is 0 Å². The van der Waals surface area contributed by atoms with Crippen molar-refractivity contribution in [2.75, 3.05) is 32.8 Å². The van der Waals surface area contributed by atoms with Crippen molar-refractivity contribution in [2.45, 2.75) is 90.4 Å². The van der Waals surface area contributed by atoms with E-state index in [9.17, 15) is 10.1 Å². The number of nitrogens with zero attached hydrogens (tertiary/aromatic N) is 4. The number of carbonyl (C=O) groups excluding carboxylic acids is 1. The van der Waals surface area contributed by atoms with Gasteiger partial charge in [0.15, 0.2) is 0 Å². The van der Waals surface area contributed by atoms with Gasteiger partial charge in [-0.3, -0.25) is 10.1 Å². The summed E-state index contributed by atoms with van der Waals surface area (Å²) < 4.78 is 41.3. The minimum atomic E-state index is -1.62. The normalized spacial score (nSPS) is 17.4. The maximum absolute atomic E-state index is 12.5. The number of carbonyl (C=O) groups is 1. The minimum absolute atomic E-state index is 0.0995. The minimum Gasteiger partial charge on any atom is -0.497 e. The zero-order valence-corrected chi connectivity index (χ0v) is 36.6. The van der Waals surface area contributed by atoms with Crippen molar-refractivity contribution in [3.63, 3.8) is 0 Å². The Morgan fingerprint density at radius 1 is 0.883 bits per heavy atom. The van der Waals surface area contributed by atoms with Crippen LogP contribution >= 0.6 is 8.53 Å². The van der Waals surface area contributed by atoms with E-state index < -0.39 is 32.4 Å². The van der Waals surface area contributed by atoms with Crippen LogP contribution in [0.2, 0.25) is 0 Å². The summed E-state index contributed by atoms with van der Waals surface area (Å²) in [5, 5.41) is 13.0. The Balaban J connectivity index is 1.43. The molecule has 4 atom stereocenters. The zero-order valence-electron chi connectivity index (χ0n) is 35.7. The van der Waals surface area contributed by atoms with Crippen LogP contribution in [0.5, 0.6) is 11.5 Å². The summed E-state index contributed by atoms with van der Waals surface area (Å²) >= 11 is 0. The number of ether oxygens (including phenoxy) is 4. The second-order valence-corrected chi connectivity index (χ2v) is 16.9. The van der Waals surface area contributed by atoms with E-state index in [0.29, 0.717) is 11.9 Å². The van der Waals surface area contributed by atoms with Crippen LogP contribution in [-0.4, -0.2) is 72.3 Å². The first-order valence-electron chi connectivity index (χ1n) is 20.4. The SMILES string of the molecule is COc1ccc(C(OC[C@H]2O[C@@H](c3cccc4nc(NC(=O)C(C)C)ncc34)C[C@H]2OP(OCCC#N)N(C(C)C)C(C)C)(c2ccccc2)c2ccc(OC)cc2)cc1. The largest absolute Gasteiger partial charge is 0.497 e. The van der Waals surface area contributed by atoms with Crippen LogP contribution in [0.25, 0.3) is 10.9 Å². The molecule has 0 radical (unpaired) electrons. The van der Waals surface area contributed by atoms with Crippen molar-refractivity contribution in [1.82, 2.24) is 14.6 Å². The predicted molar refractivity (Wildman–Crippen MR) is 234 cm³/mol. The van der Waals surface area contributed by atoms with Crippen molar-refractivity contribution in [3.05, 3.63) is 126 Å². The van der Waals surface area contributed by atoms with Crippen molar-refractivity contribution in [2.24, 2.45) is 5.92 Å². The van der Waals surface area contributed by atoms with Crippen LogP contribution in [-0.2, 0) is 28.9 Å². The van der Waals surface area contributed by atoms with Gasteiger partial charge in [0.2, 0.25) is 11.9 Å². The van der Waals surface area contributed by atoms with Gasteiger partial charge in [0.25, 0.3) is 8.53 Å². The Hall–Kier alpha value is -4.99. The number of anilines is 1. The molecule has 1 fully saturated rings. The number of rotatable bonds is 19. The van der Waals surface area contributed by atoms with Gasteiger partial charge in [0.05, 0.1) is 57.6 Å². The zero-order chi connectivity index (χ0) is 42.8. The Morgan fingerprint density at radius 2 is 1.50 bits per heavy atom. The Morgan fingerprint density at radius 3 is 2.07 bits per heavy atom. The second kappa shape index (κ2) is 20.5. The maximum atomic E-state index is 12.5. The molecule has 4 aromatic carbocycles. The molecule has 0 aliphatic carbocycles. The lowest BCUT2D eigenvalue weighted by Gasteiger charge is -2.39. The molecule has 316 valence electrons. The third-order valence-corrected chi connectivity index (χ3v) is 12.6. The molecule has 5 aromatic rings. The molecule has 1 N–H and O–H groups in total. The van der Waals surface area contributed by atoms with Crippen molar-refractivity contribution >= 4 is 31.3 Å². The summed E-state index contributed by atoms with van der Waals surface area (Å²) in [5.74, 6) is 1.32. The van der Waals surface area contributed by atoms with E-state index in [4.69, 9.17) is 33.0 Å². The summed E-state index contributed by atoms with van der Waals surface area (Å²) in [7, 11) is 1.68. The molecule has 1 aliphatic rings. The molecule has 1 saturated heterocycles. The smallest absolute Gasteiger partial charge is 0.259 e. The number of fused-ring (bicyclic) bond motifs is 1. The Bertz CT molecular complexity index is 2140. The highest BCUT2D eigenvalue weighted by atomic mass is 31.2. The molecule has 0 bridgehead atoms. The molecule has 0 saturated carbocycles. The van der Waals surface area contributed by atoms with Gasteiger partial charge in [0.1, 0.15) is 23.2 Å². The molecule has 13 heteroatoms. The predicted octanol–water partition coefficient (Wildman–Crippen LogP) is 9.74. The standard InChI is InChI=1S/C47H56N5O7P/c1-31(2)45(53)51-46-49-29-40-39(16-12-17-41(40)50-46)42-28-43(59-60(57-27-13-26-48)52(32(3)4)33(5)6)44(58-42)30-56-47(34-14-10-9-11-15-34,35-18-22-37(54-7)23-19-35)36-20-24-38(55-8)25-21-36/h9-12,14-25,29,31-33,42-44H,13,27-28,30H2,1-8H3,(H,49,50,51,53)/t42-,43-,44-,60?/m1/s1. The van der Waals surface area contributed by atoms with E-state index in [0.717, 1.165) is 39.1 Å². The molecule has 60 heavy (non-hydrogen) atoms. The average Bonchev–Trinajstić information content (AvgIpc) is 3.66. The van der Waals surface area contributed by atoms with Gasteiger partial charge < -0.3 is 28.0 Å². The molecule has 1 aliphatic heterocycles. The van der Waals surface area contributed by atoms with E-state index >= 15 is 0 Å². The van der Waals surface area contributed by atoms with Gasteiger partial charge in [0, 0.05) is 36.0 Å². The van der Waals surface area contributed by atoms with Crippen LogP contribution in [0.15, 0.2) is 103 Å². The third-order valence-electron chi connectivity index (χ3n) is 10.5. The Kier molecular flexibility index (Phi) is 15.2. The third kappa shape index (κ3) is 10.1. The fourth-order valence-electron chi connectivity index (χ4n) is 7.54. The molecule has 1 aromatic heterocycles. The molecule has 2 heterocycles. The number of benzene rings is 4. The number of amides is 1. The highest BCUT2D eigenvalue weighted by molar-refractivity contribution is 7.44. The lowest BCUT2D eigenvalue weighted by molar-refractivity contribution is -0.118. The maximum Gasteiger partial charge on any atom is 0.259 e. The number of aromatic nitrogens is 2. The van der Waals surface area contributed by atoms with Crippen LogP contribution in [0.4, 0.5) is 5.95 Å². The molecule has 6 rings (SSSR count). The summed E-state index contributed by atoms with van der Waals surface area (Å²) in [4.78, 5) is 21.7. The van der Waals surface area contributed by atoms with Crippen LogP contribution in [0, 0.1) is 17.2 Å². The first-order chi connectivity index (χ1) is 29.0. The fourth-order valence-corrected chi connectivity index (χ4v) is 9.30. The second-order valence-electron chi connectivity index (χ2n) is 15.5. The summed E-state index contributed by atoms with van der Waals surface area (Å²) in [6.07, 6.45) is 0.976. The van der Waals surface area contributed by atoms with Gasteiger partial charge in [-0.2, -0.15) is 5.26 Å². The van der Waals surface area contributed by atoms with Crippen molar-refractivity contribution in [1.29, 1.82) is 5.26 Å². The summed E-state index contributed by atoms with van der Waals surface area (Å²) in [6.45, 7) is 12.5. The fraction of sp³-hybridized carbons (Fsp3) is 0.404. The van der Waals surface area contributed by atoms with E-state index in [1.54, 1.807) is 20.4 Å². The van der Waals surface area contributed by atoms with E-state index in [2.05, 4.69) is 60.9 Å². The quantitative estimate of drug-likeness (QED) is 0.0484. The molecule has 1 amide bonds. The Labute approximate surface area is 355 Å². The number of nitriles is 1. The van der Waals surface area contributed by atoms with Crippen LogP contribution < -0.4 is 14.8 Å². The van der Waals surface area contributed by atoms with Gasteiger partial charge >= 0.3 is 0 Å². The van der Waals surface area contributed by atoms with Crippen molar-refractivity contribution < 1.29 is 32.8 Å². The molecule has 12 nitrogen and oxygen atoms in total. The van der Waals surface area contributed by atoms with Gasteiger partial charge in [-0.05, 0) is 80.3 Å². The number of nitrogens with one attached hydrogen (secondary N) is 1. The topological polar surface area (TPSA) is 137 Å². The van der Waals surface area contributed by atoms with E-state index in [-0.39, 0.29) is 49.5 Å². The number of methoxy groups -OCH3 is 2. The monoisotopic (exact) mass is 833 g/mol. The summed E-state index contributed by atoms with van der Waals surface area (Å²) in [5.41, 5.74) is 3.19. The lowest BCUT2D eigenvalue weighted by Crippen LogP contribution is -2.39. The summed E-state index contributed by atoms with van der Waals surface area (Å²) in [6, 6.07) is 34.3. The molecule has 0 spiro atoms. The molecular formula is C47H56N5O7P. The van der Waals surface area contributed by atoms with Crippen molar-refractivity contribution in [3.8, 4) is 17.6 Å². The van der Waals surface area contributed by atoms with Gasteiger partial charge in [-0.15, -0.1) is 0 Å². The van der Waals surface area contributed by atoms with E-state index in [1.165, 1.54) is 0 Å². The molecule has 1 unspecified atom stereocenters. The van der Waals surface area contributed by atoms with E-state index in [1.807, 2.05) is 98.8 Å². The highest BCUT2D eigenvalue weighted by Gasteiger charge is 2.45. The lowest BCUT2D eigenvalue weighted by atomic mass is 9.80. The number of hydrogen-bond acceptors (Lipinski definition) is 11. The average molecular weight is 834 g/mol. The first-order valence-corrected chi connectivity index (χ1v) is 21.6. The van der Waals surface area contributed by atoms with Crippen LogP contribution in [0.1, 0.15) is 82.7 Å². The van der Waals surface area contributed by atoms with Gasteiger partial charge in [-0.25, -0.2) is 14.6 Å². The molecular weight excluding hydrogens is 778 g/mol. The van der Waals surface area contributed by atoms with Gasteiger partial charge in [-0.1, -0.05) is 80.6 Å². The number of hydrogen-bond donors (Lipinski definition) is 1. The highest BCUT2D eigenvalue weighted by Crippen LogP contribution is 2.51. The first kappa shape index (κ1) is 44.6.